The molecule has 2 N–H and O–H groups in total. The van der Waals surface area contributed by atoms with Crippen molar-refractivity contribution in [3.05, 3.63) is 36.4 Å². The van der Waals surface area contributed by atoms with Crippen LogP contribution in [0.2, 0.25) is 0 Å². The lowest BCUT2D eigenvalue weighted by Crippen LogP contribution is -2.23. The Morgan fingerprint density at radius 3 is 2.85 bits per heavy atom. The van der Waals surface area contributed by atoms with Crippen molar-refractivity contribution in [2.75, 3.05) is 11.9 Å². The van der Waals surface area contributed by atoms with Gasteiger partial charge in [-0.25, -0.2) is 18.1 Å². The van der Waals surface area contributed by atoms with Crippen LogP contribution in [0.15, 0.2) is 40.0 Å². The number of rotatable bonds is 7. The molecule has 2 heterocycles. The van der Waals surface area contributed by atoms with Crippen LogP contribution in [0.3, 0.4) is 0 Å². The summed E-state index contributed by atoms with van der Waals surface area (Å²) in [7, 11) is -3.60. The quantitative estimate of drug-likeness (QED) is 0.801. The number of pyridine rings is 1. The van der Waals surface area contributed by atoms with Crippen LogP contribution in [-0.4, -0.2) is 25.1 Å². The first kappa shape index (κ1) is 14.5. The average Bonchev–Trinajstić information content (AvgIpc) is 2.97. The van der Waals surface area contributed by atoms with Crippen LogP contribution in [-0.2, 0) is 16.6 Å². The standard InChI is InChI=1S/C12H16N4O3S/c1-2-5-13-12-8-11(4-6-14-12)20(17,18)16-9-10-3-7-15-19-10/h3-4,6-8,16H,2,5,9H2,1H3,(H,13,14). The Balaban J connectivity index is 2.08. The number of nitrogens with zero attached hydrogens (tertiary/aromatic N) is 2. The Kier molecular flexibility index (Phi) is 4.70. The molecule has 0 spiro atoms. The van der Waals surface area contributed by atoms with Gasteiger partial charge in [-0.05, 0) is 12.5 Å². The summed E-state index contributed by atoms with van der Waals surface area (Å²) in [5.74, 6) is 0.987. The van der Waals surface area contributed by atoms with Gasteiger partial charge >= 0.3 is 0 Å². The van der Waals surface area contributed by atoms with Gasteiger partial charge in [-0.1, -0.05) is 12.1 Å². The lowest BCUT2D eigenvalue weighted by atomic mass is 10.4. The van der Waals surface area contributed by atoms with Crippen molar-refractivity contribution >= 4 is 15.8 Å². The van der Waals surface area contributed by atoms with E-state index in [1.165, 1.54) is 24.5 Å². The lowest BCUT2D eigenvalue weighted by Gasteiger charge is -2.07. The highest BCUT2D eigenvalue weighted by Crippen LogP contribution is 2.13. The SMILES string of the molecule is CCCNc1cc(S(=O)(=O)NCc2ccno2)ccn1. The average molecular weight is 296 g/mol. The van der Waals surface area contributed by atoms with E-state index in [0.29, 0.717) is 11.6 Å². The van der Waals surface area contributed by atoms with Gasteiger partial charge in [0.05, 0.1) is 17.6 Å². The third-order valence-electron chi connectivity index (χ3n) is 2.53. The topological polar surface area (TPSA) is 97.1 Å². The molecule has 0 radical (unpaired) electrons. The zero-order valence-corrected chi connectivity index (χ0v) is 11.9. The van der Waals surface area contributed by atoms with E-state index in [-0.39, 0.29) is 11.4 Å². The van der Waals surface area contributed by atoms with Crippen molar-refractivity contribution in [3.63, 3.8) is 0 Å². The van der Waals surface area contributed by atoms with Crippen LogP contribution < -0.4 is 10.0 Å². The van der Waals surface area contributed by atoms with E-state index in [9.17, 15) is 8.42 Å². The van der Waals surface area contributed by atoms with Crippen molar-refractivity contribution in [1.29, 1.82) is 0 Å². The van der Waals surface area contributed by atoms with Crippen LogP contribution in [0, 0.1) is 0 Å². The third kappa shape index (κ3) is 3.78. The Morgan fingerprint density at radius 2 is 2.15 bits per heavy atom. The zero-order valence-electron chi connectivity index (χ0n) is 11.0. The second-order valence-corrected chi connectivity index (χ2v) is 5.87. The molecule has 0 fully saturated rings. The number of anilines is 1. The molecule has 7 nitrogen and oxygen atoms in total. The van der Waals surface area contributed by atoms with Crippen LogP contribution in [0.1, 0.15) is 19.1 Å². The van der Waals surface area contributed by atoms with Gasteiger partial charge in [0, 0.05) is 24.9 Å². The fourth-order valence-corrected chi connectivity index (χ4v) is 2.52. The molecule has 0 aliphatic carbocycles. The molecule has 0 unspecified atom stereocenters. The largest absolute Gasteiger partial charge is 0.370 e. The Bertz CT molecular complexity index is 640. The monoisotopic (exact) mass is 296 g/mol. The molecule has 8 heteroatoms. The first-order chi connectivity index (χ1) is 9.62. The second-order valence-electron chi connectivity index (χ2n) is 4.11. The van der Waals surface area contributed by atoms with E-state index in [0.717, 1.165) is 13.0 Å². The molecule has 2 aromatic heterocycles. The molecule has 0 saturated heterocycles. The first-order valence-electron chi connectivity index (χ1n) is 6.21. The summed E-state index contributed by atoms with van der Waals surface area (Å²) in [6.45, 7) is 2.82. The molecule has 0 aromatic carbocycles. The van der Waals surface area contributed by atoms with Gasteiger partial charge in [-0.15, -0.1) is 0 Å². The normalized spacial score (nSPS) is 11.4. The van der Waals surface area contributed by atoms with E-state index in [1.54, 1.807) is 6.07 Å². The fourth-order valence-electron chi connectivity index (χ4n) is 1.51. The van der Waals surface area contributed by atoms with Gasteiger partial charge in [0.1, 0.15) is 5.82 Å². The minimum absolute atomic E-state index is 0.0579. The van der Waals surface area contributed by atoms with Crippen molar-refractivity contribution in [1.82, 2.24) is 14.9 Å². The first-order valence-corrected chi connectivity index (χ1v) is 7.69. The highest BCUT2D eigenvalue weighted by Gasteiger charge is 2.15. The minimum atomic E-state index is -3.60. The Morgan fingerprint density at radius 1 is 1.30 bits per heavy atom. The summed E-state index contributed by atoms with van der Waals surface area (Å²) in [5.41, 5.74) is 0. The van der Waals surface area contributed by atoms with Gasteiger partial charge in [0.25, 0.3) is 0 Å². The summed E-state index contributed by atoms with van der Waals surface area (Å²) >= 11 is 0. The maximum Gasteiger partial charge on any atom is 0.241 e. The molecule has 0 amide bonds. The number of sulfonamides is 1. The van der Waals surface area contributed by atoms with Crippen LogP contribution >= 0.6 is 0 Å². The molecule has 108 valence electrons. The Labute approximate surface area is 117 Å². The zero-order chi connectivity index (χ0) is 14.4. The van der Waals surface area contributed by atoms with E-state index in [1.807, 2.05) is 6.92 Å². The van der Waals surface area contributed by atoms with E-state index >= 15 is 0 Å². The predicted octanol–water partition coefficient (Wildman–Crippen LogP) is 1.37. The van der Waals surface area contributed by atoms with E-state index in [4.69, 9.17) is 4.52 Å². The maximum atomic E-state index is 12.1. The molecular formula is C12H16N4O3S. The van der Waals surface area contributed by atoms with Crippen molar-refractivity contribution in [2.24, 2.45) is 0 Å². The molecule has 0 aliphatic rings. The van der Waals surface area contributed by atoms with Crippen molar-refractivity contribution < 1.29 is 12.9 Å². The molecule has 0 bridgehead atoms. The summed E-state index contributed by atoms with van der Waals surface area (Å²) in [6, 6.07) is 4.54. The summed E-state index contributed by atoms with van der Waals surface area (Å²) in [6.07, 6.45) is 3.85. The van der Waals surface area contributed by atoms with Gasteiger partial charge < -0.3 is 9.84 Å². The van der Waals surface area contributed by atoms with Gasteiger partial charge in [-0.2, -0.15) is 0 Å². The molecular weight excluding hydrogens is 280 g/mol. The highest BCUT2D eigenvalue weighted by molar-refractivity contribution is 7.89. The lowest BCUT2D eigenvalue weighted by molar-refractivity contribution is 0.380. The summed E-state index contributed by atoms with van der Waals surface area (Å²) in [4.78, 5) is 4.23. The number of nitrogens with one attached hydrogen (secondary N) is 2. The molecule has 2 aromatic rings. The van der Waals surface area contributed by atoms with E-state index < -0.39 is 10.0 Å². The molecule has 0 atom stereocenters. The summed E-state index contributed by atoms with van der Waals surface area (Å²) in [5, 5.41) is 6.56. The highest BCUT2D eigenvalue weighted by atomic mass is 32.2. The predicted molar refractivity (Wildman–Crippen MR) is 73.5 cm³/mol. The second kappa shape index (κ2) is 6.49. The van der Waals surface area contributed by atoms with Gasteiger partial charge in [-0.3, -0.25) is 0 Å². The summed E-state index contributed by atoms with van der Waals surface area (Å²) < 4.78 is 31.5. The Hall–Kier alpha value is -1.93. The molecule has 2 rings (SSSR count). The molecule has 20 heavy (non-hydrogen) atoms. The van der Waals surface area contributed by atoms with Crippen LogP contribution in [0.25, 0.3) is 0 Å². The minimum Gasteiger partial charge on any atom is -0.370 e. The molecule has 0 saturated carbocycles. The third-order valence-corrected chi connectivity index (χ3v) is 3.92. The van der Waals surface area contributed by atoms with Crippen molar-refractivity contribution in [3.8, 4) is 0 Å². The number of hydrogen-bond acceptors (Lipinski definition) is 6. The van der Waals surface area contributed by atoms with Crippen molar-refractivity contribution in [2.45, 2.75) is 24.8 Å². The smallest absolute Gasteiger partial charge is 0.241 e. The van der Waals surface area contributed by atoms with Gasteiger partial charge in [0.15, 0.2) is 5.76 Å². The van der Waals surface area contributed by atoms with Crippen LogP contribution in [0.4, 0.5) is 5.82 Å². The number of aromatic nitrogens is 2. The van der Waals surface area contributed by atoms with Gasteiger partial charge in [0.2, 0.25) is 10.0 Å². The maximum absolute atomic E-state index is 12.1. The van der Waals surface area contributed by atoms with E-state index in [2.05, 4.69) is 20.2 Å². The molecule has 0 aliphatic heterocycles. The number of hydrogen-bond donors (Lipinski definition) is 2. The fraction of sp³-hybridized carbons (Fsp3) is 0.333. The van der Waals surface area contributed by atoms with Crippen LogP contribution in [0.5, 0.6) is 0 Å².